The van der Waals surface area contributed by atoms with Crippen LogP contribution in [0.5, 0.6) is 0 Å². The number of aliphatic hydroxyl groups is 1. The first kappa shape index (κ1) is 10.2. The van der Waals surface area contributed by atoms with Crippen LogP contribution in [0.1, 0.15) is 39.5 Å². The number of hydrogen-bond donors (Lipinski definition) is 1. The predicted octanol–water partition coefficient (Wildman–Crippen LogP) is 2.27. The second-order valence-corrected chi connectivity index (χ2v) is 5.07. The first-order valence-corrected chi connectivity index (χ1v) is 5.60. The van der Waals surface area contributed by atoms with Crippen molar-refractivity contribution >= 4 is 0 Å². The summed E-state index contributed by atoms with van der Waals surface area (Å²) in [5.74, 6) is 0. The summed E-state index contributed by atoms with van der Waals surface area (Å²) in [5.41, 5.74) is 3.31. The molecule has 80 valence electrons. The van der Waals surface area contributed by atoms with Crippen molar-refractivity contribution in [1.29, 1.82) is 0 Å². The Morgan fingerprint density at radius 1 is 1.50 bits per heavy atom. The quantitative estimate of drug-likeness (QED) is 0.686. The van der Waals surface area contributed by atoms with Crippen LogP contribution in [0.15, 0.2) is 11.1 Å². The van der Waals surface area contributed by atoms with Crippen molar-refractivity contribution < 1.29 is 9.84 Å². The highest BCUT2D eigenvalue weighted by Gasteiger charge is 2.38. The van der Waals surface area contributed by atoms with Gasteiger partial charge in [-0.15, -0.1) is 0 Å². The number of aliphatic hydroxyl groups excluding tert-OH is 1. The van der Waals surface area contributed by atoms with Crippen LogP contribution in [-0.2, 0) is 4.74 Å². The van der Waals surface area contributed by atoms with Gasteiger partial charge in [0.25, 0.3) is 0 Å². The minimum atomic E-state index is 0.199. The van der Waals surface area contributed by atoms with Crippen LogP contribution in [0.4, 0.5) is 0 Å². The standard InChI is InChI=1S/C12H20O2/c1-12(2)6-3-4-9-8-14-10(5-7-13)11(9)12/h10,13H,3-8H2,1-2H3/t10-/m0/s1. The molecule has 1 heterocycles. The van der Waals surface area contributed by atoms with E-state index in [0.717, 1.165) is 13.0 Å². The molecule has 1 aliphatic carbocycles. The van der Waals surface area contributed by atoms with Gasteiger partial charge >= 0.3 is 0 Å². The van der Waals surface area contributed by atoms with Gasteiger partial charge in [0.05, 0.1) is 12.7 Å². The van der Waals surface area contributed by atoms with Crippen molar-refractivity contribution in [2.45, 2.75) is 45.6 Å². The lowest BCUT2D eigenvalue weighted by atomic mass is 9.71. The van der Waals surface area contributed by atoms with Crippen LogP contribution in [0.2, 0.25) is 0 Å². The van der Waals surface area contributed by atoms with Gasteiger partial charge in [-0.1, -0.05) is 13.8 Å². The highest BCUT2D eigenvalue weighted by molar-refractivity contribution is 5.31. The Morgan fingerprint density at radius 2 is 2.29 bits per heavy atom. The van der Waals surface area contributed by atoms with E-state index in [4.69, 9.17) is 9.84 Å². The van der Waals surface area contributed by atoms with Crippen molar-refractivity contribution in [3.8, 4) is 0 Å². The molecular formula is C12H20O2. The Kier molecular flexibility index (Phi) is 2.67. The Labute approximate surface area is 86.0 Å². The second-order valence-electron chi connectivity index (χ2n) is 5.07. The summed E-state index contributed by atoms with van der Waals surface area (Å²) in [6.45, 7) is 5.65. The molecule has 2 aliphatic rings. The molecule has 2 nitrogen and oxygen atoms in total. The molecule has 0 radical (unpaired) electrons. The smallest absolute Gasteiger partial charge is 0.0819 e. The van der Waals surface area contributed by atoms with Crippen molar-refractivity contribution in [2.75, 3.05) is 13.2 Å². The van der Waals surface area contributed by atoms with Gasteiger partial charge < -0.3 is 9.84 Å². The van der Waals surface area contributed by atoms with Gasteiger partial charge in [-0.3, -0.25) is 0 Å². The minimum absolute atomic E-state index is 0.199. The van der Waals surface area contributed by atoms with Crippen molar-refractivity contribution in [3.05, 3.63) is 11.1 Å². The highest BCUT2D eigenvalue weighted by atomic mass is 16.5. The van der Waals surface area contributed by atoms with E-state index in [1.807, 2.05) is 0 Å². The summed E-state index contributed by atoms with van der Waals surface area (Å²) in [6, 6.07) is 0. The van der Waals surface area contributed by atoms with Crippen LogP contribution in [0, 0.1) is 5.41 Å². The normalized spacial score (nSPS) is 30.6. The molecule has 0 bridgehead atoms. The Balaban J connectivity index is 2.24. The number of rotatable bonds is 2. The molecule has 0 saturated heterocycles. The van der Waals surface area contributed by atoms with Gasteiger partial charge in [0.1, 0.15) is 0 Å². The predicted molar refractivity (Wildman–Crippen MR) is 56.1 cm³/mol. The van der Waals surface area contributed by atoms with E-state index in [1.54, 1.807) is 0 Å². The lowest BCUT2D eigenvalue weighted by Crippen LogP contribution is -2.26. The van der Waals surface area contributed by atoms with Gasteiger partial charge in [-0.2, -0.15) is 0 Å². The average molecular weight is 196 g/mol. The third kappa shape index (κ3) is 1.61. The summed E-state index contributed by atoms with van der Waals surface area (Å²) in [7, 11) is 0. The minimum Gasteiger partial charge on any atom is -0.396 e. The molecule has 14 heavy (non-hydrogen) atoms. The van der Waals surface area contributed by atoms with E-state index < -0.39 is 0 Å². The molecular weight excluding hydrogens is 176 g/mol. The fraction of sp³-hybridized carbons (Fsp3) is 0.833. The van der Waals surface area contributed by atoms with Crippen molar-refractivity contribution in [2.24, 2.45) is 5.41 Å². The lowest BCUT2D eigenvalue weighted by Gasteiger charge is -2.34. The SMILES string of the molecule is CC1(C)CCCC2=C1[C@H](CCO)OC2. The van der Waals surface area contributed by atoms with E-state index in [9.17, 15) is 0 Å². The maximum absolute atomic E-state index is 8.98. The van der Waals surface area contributed by atoms with Crippen LogP contribution in [-0.4, -0.2) is 24.4 Å². The molecule has 1 atom stereocenters. The molecule has 0 aromatic rings. The van der Waals surface area contributed by atoms with E-state index in [-0.39, 0.29) is 12.7 Å². The summed E-state index contributed by atoms with van der Waals surface area (Å²) in [6.07, 6.45) is 4.73. The van der Waals surface area contributed by atoms with Crippen LogP contribution >= 0.6 is 0 Å². The molecule has 1 aliphatic heterocycles. The maximum atomic E-state index is 8.98. The Morgan fingerprint density at radius 3 is 3.00 bits per heavy atom. The third-order valence-electron chi connectivity index (χ3n) is 3.56. The third-order valence-corrected chi connectivity index (χ3v) is 3.56. The summed E-state index contributed by atoms with van der Waals surface area (Å²) >= 11 is 0. The topological polar surface area (TPSA) is 29.5 Å². The molecule has 0 aromatic carbocycles. The van der Waals surface area contributed by atoms with E-state index in [2.05, 4.69) is 13.8 Å². The van der Waals surface area contributed by atoms with Gasteiger partial charge in [-0.25, -0.2) is 0 Å². The molecule has 0 spiro atoms. The molecule has 0 amide bonds. The molecule has 1 N–H and O–H groups in total. The monoisotopic (exact) mass is 196 g/mol. The first-order chi connectivity index (χ1) is 6.65. The lowest BCUT2D eigenvalue weighted by molar-refractivity contribution is 0.0854. The Hall–Kier alpha value is -0.340. The van der Waals surface area contributed by atoms with Crippen molar-refractivity contribution in [3.63, 3.8) is 0 Å². The van der Waals surface area contributed by atoms with Gasteiger partial charge in [0.15, 0.2) is 0 Å². The highest BCUT2D eigenvalue weighted by Crippen LogP contribution is 2.46. The second kappa shape index (κ2) is 3.67. The van der Waals surface area contributed by atoms with Gasteiger partial charge in [0, 0.05) is 13.0 Å². The van der Waals surface area contributed by atoms with Crippen LogP contribution in [0.25, 0.3) is 0 Å². The van der Waals surface area contributed by atoms with Gasteiger partial charge in [0.2, 0.25) is 0 Å². The summed E-state index contributed by atoms with van der Waals surface area (Å²) in [5, 5.41) is 8.98. The summed E-state index contributed by atoms with van der Waals surface area (Å²) < 4.78 is 5.74. The fourth-order valence-electron chi connectivity index (χ4n) is 2.93. The molecule has 0 aromatic heterocycles. The molecule has 2 rings (SSSR count). The summed E-state index contributed by atoms with van der Waals surface area (Å²) in [4.78, 5) is 0. The van der Waals surface area contributed by atoms with E-state index in [0.29, 0.717) is 5.41 Å². The average Bonchev–Trinajstić information content (AvgIpc) is 2.50. The molecule has 0 saturated carbocycles. The zero-order valence-corrected chi connectivity index (χ0v) is 9.18. The van der Waals surface area contributed by atoms with E-state index in [1.165, 1.54) is 30.4 Å². The zero-order valence-electron chi connectivity index (χ0n) is 9.18. The van der Waals surface area contributed by atoms with Gasteiger partial charge in [-0.05, 0) is 35.8 Å². The Bertz CT molecular complexity index is 253. The number of ether oxygens (including phenoxy) is 1. The van der Waals surface area contributed by atoms with Crippen LogP contribution < -0.4 is 0 Å². The maximum Gasteiger partial charge on any atom is 0.0819 e. The van der Waals surface area contributed by atoms with Crippen LogP contribution in [0.3, 0.4) is 0 Å². The first-order valence-electron chi connectivity index (χ1n) is 5.60. The van der Waals surface area contributed by atoms with Crippen molar-refractivity contribution in [1.82, 2.24) is 0 Å². The molecule has 2 heteroatoms. The molecule has 0 fully saturated rings. The molecule has 0 unspecified atom stereocenters. The zero-order chi connectivity index (χ0) is 10.2. The largest absolute Gasteiger partial charge is 0.396 e. The van der Waals surface area contributed by atoms with E-state index >= 15 is 0 Å². The fourth-order valence-corrected chi connectivity index (χ4v) is 2.93. The number of hydrogen-bond acceptors (Lipinski definition) is 2.